The van der Waals surface area contributed by atoms with Gasteiger partial charge in [-0.1, -0.05) is 0 Å². The lowest BCUT2D eigenvalue weighted by Gasteiger charge is -2.00. The molecule has 0 amide bonds. The van der Waals surface area contributed by atoms with Crippen molar-refractivity contribution in [3.63, 3.8) is 0 Å². The minimum atomic E-state index is -3.82. The number of aromatic nitrogens is 2. The third kappa shape index (κ3) is 2.32. The lowest BCUT2D eigenvalue weighted by molar-refractivity contribution is 0.0528. The molecule has 2 aromatic heterocycles. The van der Waals surface area contributed by atoms with E-state index in [0.29, 0.717) is 5.52 Å². The lowest BCUT2D eigenvalue weighted by atomic mass is 10.3. The number of hydrogen-bond donors (Lipinski definition) is 0. The van der Waals surface area contributed by atoms with E-state index in [-0.39, 0.29) is 17.1 Å². The van der Waals surface area contributed by atoms with Crippen molar-refractivity contribution in [2.45, 2.75) is 11.8 Å². The van der Waals surface area contributed by atoms with Gasteiger partial charge in [0.2, 0.25) is 0 Å². The first kappa shape index (κ1) is 12.8. The van der Waals surface area contributed by atoms with Crippen LogP contribution in [0.15, 0.2) is 29.4 Å². The molecule has 0 fully saturated rings. The summed E-state index contributed by atoms with van der Waals surface area (Å²) in [4.78, 5) is 11.5. The van der Waals surface area contributed by atoms with Gasteiger partial charge in [0.05, 0.1) is 18.3 Å². The number of ether oxygens (including phenoxy) is 1. The number of halogens is 1. The van der Waals surface area contributed by atoms with Gasteiger partial charge in [-0.2, -0.15) is 5.10 Å². The Hall–Kier alpha value is -1.60. The van der Waals surface area contributed by atoms with E-state index in [1.807, 2.05) is 0 Å². The van der Waals surface area contributed by atoms with Crippen LogP contribution in [-0.2, 0) is 13.8 Å². The number of nitrogens with zero attached hydrogens (tertiary/aromatic N) is 2. The van der Waals surface area contributed by atoms with Gasteiger partial charge < -0.3 is 4.74 Å². The summed E-state index contributed by atoms with van der Waals surface area (Å²) in [6.45, 7) is 1.95. The normalized spacial score (nSPS) is 11.7. The average molecular weight is 289 g/mol. The summed E-state index contributed by atoms with van der Waals surface area (Å²) in [5.74, 6) is -0.506. The highest BCUT2D eigenvalue weighted by Crippen LogP contribution is 2.18. The molecule has 0 unspecified atom stereocenters. The molecule has 6 nitrogen and oxygen atoms in total. The second-order valence-electron chi connectivity index (χ2n) is 3.41. The smallest absolute Gasteiger partial charge is 0.341 e. The number of fused-ring (bicyclic) bond motifs is 1. The van der Waals surface area contributed by atoms with Crippen LogP contribution >= 0.6 is 10.7 Å². The van der Waals surface area contributed by atoms with Crippen LogP contribution in [0.2, 0.25) is 0 Å². The SMILES string of the molecule is CCOC(=O)c1cnn2cc(S(=O)(=O)Cl)ccc12. The van der Waals surface area contributed by atoms with Crippen molar-refractivity contribution < 1.29 is 17.9 Å². The minimum absolute atomic E-state index is 0.0878. The first-order chi connectivity index (χ1) is 8.43. The van der Waals surface area contributed by atoms with Gasteiger partial charge in [-0.05, 0) is 19.1 Å². The summed E-state index contributed by atoms with van der Waals surface area (Å²) in [6, 6.07) is 2.76. The number of rotatable bonds is 3. The third-order valence-electron chi connectivity index (χ3n) is 2.27. The van der Waals surface area contributed by atoms with Gasteiger partial charge in [0.15, 0.2) is 0 Å². The third-order valence-corrected chi connectivity index (χ3v) is 3.60. The minimum Gasteiger partial charge on any atom is -0.462 e. The van der Waals surface area contributed by atoms with Crippen LogP contribution in [0.4, 0.5) is 0 Å². The molecule has 0 saturated heterocycles. The fourth-order valence-corrected chi connectivity index (χ4v) is 2.21. The van der Waals surface area contributed by atoms with Crippen LogP contribution in [0.5, 0.6) is 0 Å². The number of hydrogen-bond acceptors (Lipinski definition) is 5. The Morgan fingerprint density at radius 1 is 1.50 bits per heavy atom. The molecule has 2 rings (SSSR count). The molecule has 2 heterocycles. The summed E-state index contributed by atoms with van der Waals surface area (Å²) in [5, 5.41) is 3.89. The Labute approximate surface area is 108 Å². The Bertz CT molecular complexity index is 708. The van der Waals surface area contributed by atoms with Crippen LogP contribution in [0.1, 0.15) is 17.3 Å². The first-order valence-electron chi connectivity index (χ1n) is 5.02. The highest BCUT2D eigenvalue weighted by Gasteiger charge is 2.16. The van der Waals surface area contributed by atoms with Gasteiger partial charge in [-0.25, -0.2) is 17.7 Å². The van der Waals surface area contributed by atoms with Gasteiger partial charge >= 0.3 is 5.97 Å². The van der Waals surface area contributed by atoms with Crippen molar-refractivity contribution in [2.75, 3.05) is 6.61 Å². The zero-order valence-electron chi connectivity index (χ0n) is 9.33. The molecule has 0 bridgehead atoms. The fourth-order valence-electron chi connectivity index (χ4n) is 1.48. The molecule has 0 aliphatic rings. The van der Waals surface area contributed by atoms with E-state index in [4.69, 9.17) is 15.4 Å². The number of carbonyl (C=O) groups is 1. The maximum atomic E-state index is 11.6. The van der Waals surface area contributed by atoms with E-state index in [0.717, 1.165) is 0 Å². The van der Waals surface area contributed by atoms with Crippen LogP contribution in [-0.4, -0.2) is 30.6 Å². The maximum absolute atomic E-state index is 11.6. The molecule has 0 saturated carbocycles. The molecular formula is C10H9ClN2O4S. The quantitative estimate of drug-likeness (QED) is 0.631. The molecular weight excluding hydrogens is 280 g/mol. The van der Waals surface area contributed by atoms with E-state index < -0.39 is 15.0 Å². The highest BCUT2D eigenvalue weighted by atomic mass is 35.7. The van der Waals surface area contributed by atoms with Gasteiger partial charge in [0.1, 0.15) is 10.5 Å². The van der Waals surface area contributed by atoms with E-state index in [2.05, 4.69) is 5.10 Å². The van der Waals surface area contributed by atoms with Crippen molar-refractivity contribution in [1.82, 2.24) is 9.61 Å². The summed E-state index contributed by atoms with van der Waals surface area (Å²) >= 11 is 0. The van der Waals surface area contributed by atoms with E-state index in [9.17, 15) is 13.2 Å². The number of pyridine rings is 1. The van der Waals surface area contributed by atoms with Crippen molar-refractivity contribution in [2.24, 2.45) is 0 Å². The number of carbonyl (C=O) groups excluding carboxylic acids is 1. The second kappa shape index (κ2) is 4.58. The molecule has 96 valence electrons. The average Bonchev–Trinajstić information content (AvgIpc) is 2.70. The monoisotopic (exact) mass is 288 g/mol. The van der Waals surface area contributed by atoms with Crippen molar-refractivity contribution in [1.29, 1.82) is 0 Å². The van der Waals surface area contributed by atoms with E-state index in [1.54, 1.807) is 6.92 Å². The largest absolute Gasteiger partial charge is 0.462 e. The summed E-state index contributed by atoms with van der Waals surface area (Å²) < 4.78 is 28.4. The second-order valence-corrected chi connectivity index (χ2v) is 5.98. The Balaban J connectivity index is 2.54. The summed E-state index contributed by atoms with van der Waals surface area (Å²) in [5.41, 5.74) is 0.730. The Morgan fingerprint density at radius 2 is 2.22 bits per heavy atom. The predicted octanol–water partition coefficient (Wildman–Crippen LogP) is 1.44. The van der Waals surface area contributed by atoms with E-state index >= 15 is 0 Å². The van der Waals surface area contributed by atoms with Gasteiger partial charge in [0, 0.05) is 16.9 Å². The van der Waals surface area contributed by atoms with Crippen LogP contribution in [0, 0.1) is 0 Å². The predicted molar refractivity (Wildman–Crippen MR) is 64.2 cm³/mol. The Kier molecular flexibility index (Phi) is 3.27. The first-order valence-corrected chi connectivity index (χ1v) is 7.33. The maximum Gasteiger partial charge on any atom is 0.341 e. The highest BCUT2D eigenvalue weighted by molar-refractivity contribution is 8.13. The molecule has 0 aliphatic carbocycles. The molecule has 8 heteroatoms. The molecule has 0 aromatic carbocycles. The topological polar surface area (TPSA) is 77.7 Å². The lowest BCUT2D eigenvalue weighted by Crippen LogP contribution is -2.04. The Morgan fingerprint density at radius 3 is 2.83 bits per heavy atom. The molecule has 18 heavy (non-hydrogen) atoms. The van der Waals surface area contributed by atoms with Gasteiger partial charge in [0.25, 0.3) is 9.05 Å². The zero-order valence-corrected chi connectivity index (χ0v) is 10.9. The summed E-state index contributed by atoms with van der Waals surface area (Å²) in [7, 11) is 1.40. The summed E-state index contributed by atoms with van der Waals surface area (Å²) in [6.07, 6.45) is 2.55. The molecule has 0 atom stereocenters. The number of esters is 1. The van der Waals surface area contributed by atoms with E-state index in [1.165, 1.54) is 29.0 Å². The van der Waals surface area contributed by atoms with Crippen LogP contribution in [0.3, 0.4) is 0 Å². The van der Waals surface area contributed by atoms with Gasteiger partial charge in [-0.3, -0.25) is 0 Å². The molecule has 0 aliphatic heterocycles. The van der Waals surface area contributed by atoms with Crippen molar-refractivity contribution in [3.05, 3.63) is 30.1 Å². The van der Waals surface area contributed by atoms with Crippen molar-refractivity contribution in [3.8, 4) is 0 Å². The molecule has 0 N–H and O–H groups in total. The molecule has 0 radical (unpaired) electrons. The molecule has 2 aromatic rings. The fraction of sp³-hybridized carbons (Fsp3) is 0.200. The molecule has 0 spiro atoms. The van der Waals surface area contributed by atoms with Crippen LogP contribution in [0.25, 0.3) is 5.52 Å². The zero-order chi connectivity index (χ0) is 13.3. The van der Waals surface area contributed by atoms with Crippen LogP contribution < -0.4 is 0 Å². The standard InChI is InChI=1S/C10H9ClN2O4S/c1-2-17-10(14)8-5-12-13-6-7(18(11,15)16)3-4-9(8)13/h3-6H,2H2,1H3. The van der Waals surface area contributed by atoms with Gasteiger partial charge in [-0.15, -0.1) is 0 Å². The van der Waals surface area contributed by atoms with Crippen molar-refractivity contribution >= 4 is 31.2 Å².